The molecule has 1 aromatic heterocycles. The molecule has 1 saturated heterocycles. The molecule has 1 saturated carbocycles. The number of alkyl halides is 3. The molecule has 1 atom stereocenters. The number of nitrogens with one attached hydrogen (secondary N) is 1. The molecular weight excluding hydrogens is 483 g/mol. The van der Waals surface area contributed by atoms with Crippen molar-refractivity contribution in [3.05, 3.63) is 58.3 Å². The van der Waals surface area contributed by atoms with Gasteiger partial charge < -0.3 is 15.2 Å². The number of aryl methyl sites for hydroxylation is 2. The second kappa shape index (κ2) is 11.0. The number of carboxylic acid groups (broad SMARTS) is 1. The standard InChI is InChI=1S/C28H34F3N3O3/c29-28(30,31)23-9-4-8-22(24(23)18-10-11-18)25(27(35)36)34-16-21(17-34)37-15-3-1-2-7-20-13-12-19-6-5-14-32-26(19)33-20/h4,8-9,12-13,18,21,25H,1-3,5-7,10-11,14-17H2,(H,32,33)(H,35,36). The number of rotatable bonds is 11. The van der Waals surface area contributed by atoms with Gasteiger partial charge in [-0.05, 0) is 79.7 Å². The van der Waals surface area contributed by atoms with Gasteiger partial charge in [-0.15, -0.1) is 0 Å². The van der Waals surface area contributed by atoms with Gasteiger partial charge in [0.2, 0.25) is 0 Å². The normalized spacial score (nSPS) is 19.1. The van der Waals surface area contributed by atoms with E-state index in [-0.39, 0.29) is 23.1 Å². The highest BCUT2D eigenvalue weighted by Gasteiger charge is 2.44. The number of fused-ring (bicyclic) bond motifs is 1. The molecule has 9 heteroatoms. The lowest BCUT2D eigenvalue weighted by Gasteiger charge is -2.43. The fraction of sp³-hybridized carbons (Fsp3) is 0.571. The molecular formula is C28H34F3N3O3. The molecule has 6 nitrogen and oxygen atoms in total. The van der Waals surface area contributed by atoms with Crippen molar-refractivity contribution in [1.82, 2.24) is 9.88 Å². The summed E-state index contributed by atoms with van der Waals surface area (Å²) in [4.78, 5) is 18.6. The molecule has 1 unspecified atom stereocenters. The number of unbranched alkanes of at least 4 members (excludes halogenated alkanes) is 2. The van der Waals surface area contributed by atoms with E-state index in [1.807, 2.05) is 0 Å². The number of nitrogens with zero attached hydrogens (tertiary/aromatic N) is 2. The van der Waals surface area contributed by atoms with Gasteiger partial charge >= 0.3 is 12.1 Å². The number of hydrogen-bond donors (Lipinski definition) is 2. The predicted octanol–water partition coefficient (Wildman–Crippen LogP) is 5.58. The Morgan fingerprint density at radius 3 is 2.70 bits per heavy atom. The molecule has 1 aliphatic carbocycles. The maximum Gasteiger partial charge on any atom is 0.416 e. The lowest BCUT2D eigenvalue weighted by Crippen LogP contribution is -2.55. The average Bonchev–Trinajstić information content (AvgIpc) is 3.68. The summed E-state index contributed by atoms with van der Waals surface area (Å²) >= 11 is 0. The smallest absolute Gasteiger partial charge is 0.416 e. The number of aliphatic carboxylic acids is 1. The van der Waals surface area contributed by atoms with Gasteiger partial charge in [0.05, 0.1) is 11.7 Å². The van der Waals surface area contributed by atoms with Crippen LogP contribution in [0.15, 0.2) is 30.3 Å². The fourth-order valence-electron chi connectivity index (χ4n) is 5.51. The van der Waals surface area contributed by atoms with E-state index in [1.165, 1.54) is 11.6 Å². The minimum absolute atomic E-state index is 0.0922. The summed E-state index contributed by atoms with van der Waals surface area (Å²) in [5, 5.41) is 13.3. The number of ether oxygens (including phenoxy) is 1. The number of benzene rings is 1. The third kappa shape index (κ3) is 6.09. The Morgan fingerprint density at radius 2 is 1.97 bits per heavy atom. The van der Waals surface area contributed by atoms with E-state index in [9.17, 15) is 23.1 Å². The highest BCUT2D eigenvalue weighted by Crippen LogP contribution is 2.49. The van der Waals surface area contributed by atoms with Crippen LogP contribution < -0.4 is 5.32 Å². The molecule has 2 N–H and O–H groups in total. The Morgan fingerprint density at radius 1 is 1.16 bits per heavy atom. The molecule has 200 valence electrons. The van der Waals surface area contributed by atoms with Gasteiger partial charge in [-0.2, -0.15) is 13.2 Å². The Kier molecular flexibility index (Phi) is 7.72. The number of anilines is 1. The third-order valence-electron chi connectivity index (χ3n) is 7.58. The topological polar surface area (TPSA) is 74.7 Å². The summed E-state index contributed by atoms with van der Waals surface area (Å²) in [6.07, 6.45) is 2.83. The van der Waals surface area contributed by atoms with Crippen molar-refractivity contribution in [1.29, 1.82) is 0 Å². The zero-order chi connectivity index (χ0) is 26.0. The lowest BCUT2D eigenvalue weighted by molar-refractivity contribution is -0.151. The maximum atomic E-state index is 13.6. The molecule has 5 rings (SSSR count). The number of halogens is 3. The number of likely N-dealkylation sites (tertiary alicyclic amines) is 1. The molecule has 2 aromatic rings. The van der Waals surface area contributed by atoms with Crippen molar-refractivity contribution in [2.45, 2.75) is 75.6 Å². The van der Waals surface area contributed by atoms with Gasteiger partial charge in [0.15, 0.2) is 0 Å². The molecule has 0 amide bonds. The van der Waals surface area contributed by atoms with Crippen LogP contribution in [0, 0.1) is 0 Å². The fourth-order valence-corrected chi connectivity index (χ4v) is 5.51. The minimum atomic E-state index is -4.50. The average molecular weight is 518 g/mol. The van der Waals surface area contributed by atoms with Crippen molar-refractivity contribution < 1.29 is 27.8 Å². The van der Waals surface area contributed by atoms with Gasteiger partial charge in [-0.1, -0.05) is 24.6 Å². The first-order chi connectivity index (χ1) is 17.8. The van der Waals surface area contributed by atoms with Crippen LogP contribution in [0.3, 0.4) is 0 Å². The van der Waals surface area contributed by atoms with Crippen LogP contribution in [0.25, 0.3) is 0 Å². The van der Waals surface area contributed by atoms with Crippen LogP contribution in [0.2, 0.25) is 0 Å². The highest BCUT2D eigenvalue weighted by atomic mass is 19.4. The first-order valence-corrected chi connectivity index (χ1v) is 13.3. The number of carboxylic acids is 1. The minimum Gasteiger partial charge on any atom is -0.480 e. The zero-order valence-electron chi connectivity index (χ0n) is 20.9. The van der Waals surface area contributed by atoms with Crippen molar-refractivity contribution >= 4 is 11.8 Å². The van der Waals surface area contributed by atoms with E-state index in [2.05, 4.69) is 17.4 Å². The SMILES string of the molecule is O=C(O)C(c1cccc(C(F)(F)F)c1C1CC1)N1CC(OCCCCCc2ccc3c(n2)NCCC3)C1. The van der Waals surface area contributed by atoms with Crippen LogP contribution in [-0.4, -0.2) is 53.3 Å². The summed E-state index contributed by atoms with van der Waals surface area (Å²) in [7, 11) is 0. The Hall–Kier alpha value is -2.65. The molecule has 3 heterocycles. The quantitative estimate of drug-likeness (QED) is 0.380. The number of pyridine rings is 1. The maximum absolute atomic E-state index is 13.6. The van der Waals surface area contributed by atoms with Gasteiger partial charge in [-0.3, -0.25) is 9.69 Å². The van der Waals surface area contributed by atoms with E-state index in [4.69, 9.17) is 9.72 Å². The molecule has 37 heavy (non-hydrogen) atoms. The second-order valence-corrected chi connectivity index (χ2v) is 10.4. The molecule has 0 spiro atoms. The summed E-state index contributed by atoms with van der Waals surface area (Å²) in [6, 6.07) is 7.14. The summed E-state index contributed by atoms with van der Waals surface area (Å²) in [5.74, 6) is -0.308. The van der Waals surface area contributed by atoms with Crippen LogP contribution in [-0.2, 0) is 28.5 Å². The zero-order valence-corrected chi connectivity index (χ0v) is 20.9. The van der Waals surface area contributed by atoms with Gasteiger partial charge in [0.1, 0.15) is 11.9 Å². The Bertz CT molecular complexity index is 1110. The van der Waals surface area contributed by atoms with Crippen molar-refractivity contribution in [2.75, 3.05) is 31.6 Å². The van der Waals surface area contributed by atoms with Crippen LogP contribution in [0.1, 0.15) is 78.4 Å². The van der Waals surface area contributed by atoms with E-state index < -0.39 is 23.8 Å². The summed E-state index contributed by atoms with van der Waals surface area (Å²) < 4.78 is 46.9. The van der Waals surface area contributed by atoms with Gasteiger partial charge in [0.25, 0.3) is 0 Å². The molecule has 2 fully saturated rings. The van der Waals surface area contributed by atoms with Crippen molar-refractivity contribution in [2.24, 2.45) is 0 Å². The monoisotopic (exact) mass is 517 g/mol. The van der Waals surface area contributed by atoms with E-state index >= 15 is 0 Å². The highest BCUT2D eigenvalue weighted by molar-refractivity contribution is 5.77. The molecule has 0 bridgehead atoms. The van der Waals surface area contributed by atoms with Crippen molar-refractivity contribution in [3.63, 3.8) is 0 Å². The third-order valence-corrected chi connectivity index (χ3v) is 7.58. The number of aromatic nitrogens is 1. The molecule has 2 aliphatic heterocycles. The first kappa shape index (κ1) is 26.0. The van der Waals surface area contributed by atoms with Gasteiger partial charge in [-0.25, -0.2) is 4.98 Å². The van der Waals surface area contributed by atoms with Crippen LogP contribution in [0.4, 0.5) is 19.0 Å². The Labute approximate surface area is 215 Å². The van der Waals surface area contributed by atoms with Gasteiger partial charge in [0, 0.05) is 31.9 Å². The lowest BCUT2D eigenvalue weighted by atomic mass is 9.90. The summed E-state index contributed by atoms with van der Waals surface area (Å²) in [5.41, 5.74) is 2.13. The van der Waals surface area contributed by atoms with E-state index in [0.29, 0.717) is 32.5 Å². The number of carbonyl (C=O) groups is 1. The van der Waals surface area contributed by atoms with E-state index in [1.54, 1.807) is 11.0 Å². The van der Waals surface area contributed by atoms with Crippen LogP contribution in [0.5, 0.6) is 0 Å². The van der Waals surface area contributed by atoms with Crippen LogP contribution >= 0.6 is 0 Å². The second-order valence-electron chi connectivity index (χ2n) is 10.4. The molecule has 1 aromatic carbocycles. The molecule has 3 aliphatic rings. The first-order valence-electron chi connectivity index (χ1n) is 13.3. The number of hydrogen-bond acceptors (Lipinski definition) is 5. The largest absolute Gasteiger partial charge is 0.480 e. The molecule has 0 radical (unpaired) electrons. The predicted molar refractivity (Wildman–Crippen MR) is 134 cm³/mol. The Balaban J connectivity index is 1.08. The van der Waals surface area contributed by atoms with Crippen molar-refractivity contribution in [3.8, 4) is 0 Å². The van der Waals surface area contributed by atoms with E-state index in [0.717, 1.165) is 62.6 Å². The summed E-state index contributed by atoms with van der Waals surface area (Å²) in [6.45, 7) is 2.38.